The summed E-state index contributed by atoms with van der Waals surface area (Å²) in [6.07, 6.45) is -0.0305. The summed E-state index contributed by atoms with van der Waals surface area (Å²) in [4.78, 5) is 23.1. The molecule has 110 valence electrons. The van der Waals surface area contributed by atoms with Crippen molar-refractivity contribution in [1.29, 1.82) is 0 Å². The van der Waals surface area contributed by atoms with Gasteiger partial charge < -0.3 is 19.9 Å². The van der Waals surface area contributed by atoms with E-state index >= 15 is 0 Å². The van der Waals surface area contributed by atoms with Crippen molar-refractivity contribution in [3.63, 3.8) is 0 Å². The van der Waals surface area contributed by atoms with Crippen LogP contribution in [0.3, 0.4) is 0 Å². The lowest BCUT2D eigenvalue weighted by atomic mass is 10.1. The number of nitrogens with one attached hydrogen (secondary N) is 1. The number of halogens is 1. The molecule has 0 unspecified atom stereocenters. The number of carbonyl (C=O) groups is 2. The van der Waals surface area contributed by atoms with Crippen LogP contribution in [-0.4, -0.2) is 43.9 Å². The molecule has 0 spiro atoms. The number of aliphatic hydroxyl groups excluding tert-OH is 1. The minimum absolute atomic E-state index is 0.0305. The fourth-order valence-electron chi connectivity index (χ4n) is 1.63. The van der Waals surface area contributed by atoms with Crippen molar-refractivity contribution in [2.45, 2.75) is 12.5 Å². The first-order valence-corrected chi connectivity index (χ1v) is 6.20. The third kappa shape index (κ3) is 4.40. The van der Waals surface area contributed by atoms with Crippen molar-refractivity contribution in [3.8, 4) is 5.75 Å². The molecule has 0 saturated carbocycles. The van der Waals surface area contributed by atoms with E-state index in [2.05, 4.69) is 10.1 Å². The lowest BCUT2D eigenvalue weighted by Gasteiger charge is -2.14. The van der Waals surface area contributed by atoms with Gasteiger partial charge in [-0.2, -0.15) is 0 Å². The van der Waals surface area contributed by atoms with Crippen LogP contribution in [0, 0.1) is 0 Å². The van der Waals surface area contributed by atoms with E-state index in [4.69, 9.17) is 21.4 Å². The van der Waals surface area contributed by atoms with Crippen LogP contribution < -0.4 is 10.1 Å². The Hall–Kier alpha value is -1.79. The topological polar surface area (TPSA) is 84.9 Å². The molecule has 0 aliphatic heterocycles. The molecule has 0 saturated heterocycles. The van der Waals surface area contributed by atoms with Crippen molar-refractivity contribution in [2.75, 3.05) is 20.8 Å². The first-order chi connectivity index (χ1) is 9.51. The van der Waals surface area contributed by atoms with E-state index in [0.717, 1.165) is 0 Å². The van der Waals surface area contributed by atoms with Gasteiger partial charge in [-0.1, -0.05) is 11.6 Å². The Bertz CT molecular complexity index is 492. The largest absolute Gasteiger partial charge is 0.496 e. The van der Waals surface area contributed by atoms with Crippen LogP contribution >= 0.6 is 11.6 Å². The summed E-state index contributed by atoms with van der Waals surface area (Å²) in [6.45, 7) is -0.537. The second kappa shape index (κ2) is 7.72. The molecule has 6 nitrogen and oxygen atoms in total. The molecule has 1 aromatic carbocycles. The van der Waals surface area contributed by atoms with Gasteiger partial charge in [-0.25, -0.2) is 4.79 Å². The minimum Gasteiger partial charge on any atom is -0.496 e. The summed E-state index contributed by atoms with van der Waals surface area (Å²) in [7, 11) is 2.66. The highest BCUT2D eigenvalue weighted by molar-refractivity contribution is 6.30. The molecular weight excluding hydrogens is 286 g/mol. The quantitative estimate of drug-likeness (QED) is 0.749. The molecule has 0 aliphatic rings. The number of hydrogen-bond donors (Lipinski definition) is 2. The molecule has 7 heteroatoms. The number of rotatable bonds is 6. The van der Waals surface area contributed by atoms with Crippen LogP contribution in [0.5, 0.6) is 5.75 Å². The summed E-state index contributed by atoms with van der Waals surface area (Å²) in [6, 6.07) is 3.81. The number of benzene rings is 1. The second-order valence-corrected chi connectivity index (χ2v) is 4.40. The number of esters is 1. The van der Waals surface area contributed by atoms with E-state index < -0.39 is 24.5 Å². The van der Waals surface area contributed by atoms with Crippen LogP contribution in [0.15, 0.2) is 18.2 Å². The smallest absolute Gasteiger partial charge is 0.330 e. The monoisotopic (exact) mass is 301 g/mol. The van der Waals surface area contributed by atoms with Crippen molar-refractivity contribution >= 4 is 23.5 Å². The summed E-state index contributed by atoms with van der Waals surface area (Å²) >= 11 is 5.86. The lowest BCUT2D eigenvalue weighted by molar-refractivity contribution is -0.146. The zero-order valence-electron chi connectivity index (χ0n) is 11.2. The fraction of sp³-hybridized carbons (Fsp3) is 0.385. The zero-order chi connectivity index (χ0) is 15.1. The van der Waals surface area contributed by atoms with Gasteiger partial charge in [0.05, 0.1) is 27.2 Å². The highest BCUT2D eigenvalue weighted by Crippen LogP contribution is 2.23. The Morgan fingerprint density at radius 3 is 2.65 bits per heavy atom. The molecule has 2 N–H and O–H groups in total. The Morgan fingerprint density at radius 1 is 1.40 bits per heavy atom. The van der Waals surface area contributed by atoms with Gasteiger partial charge in [-0.3, -0.25) is 4.79 Å². The highest BCUT2D eigenvalue weighted by atomic mass is 35.5. The molecule has 1 aromatic rings. The average Bonchev–Trinajstić information content (AvgIpc) is 2.44. The highest BCUT2D eigenvalue weighted by Gasteiger charge is 2.21. The van der Waals surface area contributed by atoms with Crippen molar-refractivity contribution in [2.24, 2.45) is 0 Å². The Labute approximate surface area is 121 Å². The molecule has 0 aromatic heterocycles. The Morgan fingerprint density at radius 2 is 2.10 bits per heavy atom. The number of carbonyl (C=O) groups excluding carboxylic acids is 2. The standard InChI is InChI=1S/C13H16ClNO5/c1-19-11-4-3-9(14)5-8(11)6-12(17)15-10(7-16)13(18)20-2/h3-5,10,16H,6-7H2,1-2H3,(H,15,17)/t10-/m1/s1. The molecule has 1 amide bonds. The van der Waals surface area contributed by atoms with Gasteiger partial charge in [0.25, 0.3) is 0 Å². The predicted molar refractivity (Wildman–Crippen MR) is 72.7 cm³/mol. The first kappa shape index (κ1) is 16.3. The average molecular weight is 302 g/mol. The van der Waals surface area contributed by atoms with Crippen LogP contribution in [0.4, 0.5) is 0 Å². The molecule has 0 aliphatic carbocycles. The Kier molecular flexibility index (Phi) is 6.27. The van der Waals surface area contributed by atoms with E-state index in [1.54, 1.807) is 18.2 Å². The van der Waals surface area contributed by atoms with Gasteiger partial charge >= 0.3 is 5.97 Å². The summed E-state index contributed by atoms with van der Waals surface area (Å²) in [5.74, 6) is -0.642. The molecule has 1 atom stereocenters. The number of aliphatic hydroxyl groups is 1. The van der Waals surface area contributed by atoms with Crippen LogP contribution in [-0.2, 0) is 20.7 Å². The Balaban J connectivity index is 2.75. The molecule has 0 fully saturated rings. The predicted octanol–water partition coefficient (Wildman–Crippen LogP) is 0.541. The maximum absolute atomic E-state index is 11.9. The van der Waals surface area contributed by atoms with E-state index in [1.807, 2.05) is 0 Å². The van der Waals surface area contributed by atoms with Gasteiger partial charge in [0.15, 0.2) is 6.04 Å². The first-order valence-electron chi connectivity index (χ1n) is 5.82. The lowest BCUT2D eigenvalue weighted by Crippen LogP contribution is -2.44. The van der Waals surface area contributed by atoms with Crippen LogP contribution in [0.2, 0.25) is 5.02 Å². The van der Waals surface area contributed by atoms with Gasteiger partial charge in [0.1, 0.15) is 5.75 Å². The minimum atomic E-state index is -1.09. The van der Waals surface area contributed by atoms with Crippen molar-refractivity contribution in [3.05, 3.63) is 28.8 Å². The van der Waals surface area contributed by atoms with Crippen LogP contribution in [0.1, 0.15) is 5.56 Å². The summed E-state index contributed by atoms with van der Waals surface area (Å²) in [5, 5.41) is 11.9. The summed E-state index contributed by atoms with van der Waals surface area (Å²) < 4.78 is 9.58. The molecular formula is C13H16ClNO5. The van der Waals surface area contributed by atoms with E-state index in [9.17, 15) is 9.59 Å². The number of ether oxygens (including phenoxy) is 2. The molecule has 0 heterocycles. The summed E-state index contributed by atoms with van der Waals surface area (Å²) in [5.41, 5.74) is 0.582. The molecule has 1 rings (SSSR count). The van der Waals surface area contributed by atoms with E-state index in [-0.39, 0.29) is 6.42 Å². The van der Waals surface area contributed by atoms with Crippen molar-refractivity contribution in [1.82, 2.24) is 5.32 Å². The van der Waals surface area contributed by atoms with Gasteiger partial charge in [-0.15, -0.1) is 0 Å². The maximum atomic E-state index is 11.9. The molecule has 0 radical (unpaired) electrons. The van der Waals surface area contributed by atoms with Gasteiger partial charge in [-0.05, 0) is 18.2 Å². The zero-order valence-corrected chi connectivity index (χ0v) is 11.9. The number of methoxy groups -OCH3 is 2. The van der Waals surface area contributed by atoms with Gasteiger partial charge in [0.2, 0.25) is 5.91 Å². The maximum Gasteiger partial charge on any atom is 0.330 e. The van der Waals surface area contributed by atoms with E-state index in [0.29, 0.717) is 16.3 Å². The second-order valence-electron chi connectivity index (χ2n) is 3.96. The van der Waals surface area contributed by atoms with E-state index in [1.165, 1.54) is 14.2 Å². The SMILES string of the molecule is COC(=O)[C@@H](CO)NC(=O)Cc1cc(Cl)ccc1OC. The van der Waals surface area contributed by atoms with Crippen LogP contribution in [0.25, 0.3) is 0 Å². The molecule has 20 heavy (non-hydrogen) atoms. The third-order valence-electron chi connectivity index (χ3n) is 2.60. The normalized spacial score (nSPS) is 11.6. The number of hydrogen-bond acceptors (Lipinski definition) is 5. The fourth-order valence-corrected chi connectivity index (χ4v) is 1.82. The van der Waals surface area contributed by atoms with Crippen molar-refractivity contribution < 1.29 is 24.2 Å². The third-order valence-corrected chi connectivity index (χ3v) is 2.83. The van der Waals surface area contributed by atoms with Gasteiger partial charge in [0, 0.05) is 10.6 Å². The molecule has 0 bridgehead atoms. The number of amides is 1.